The molecular formula is C19H23Cl2N3O2. The van der Waals surface area contributed by atoms with Crippen LogP contribution in [-0.2, 0) is 4.79 Å². The first-order chi connectivity index (χ1) is 12.4. The van der Waals surface area contributed by atoms with E-state index in [4.69, 9.17) is 27.9 Å². The average molecular weight is 396 g/mol. The summed E-state index contributed by atoms with van der Waals surface area (Å²) in [6, 6.07) is 7.32. The molecule has 2 aromatic rings. The van der Waals surface area contributed by atoms with Crippen molar-refractivity contribution in [3.8, 4) is 11.6 Å². The zero-order chi connectivity index (χ0) is 18.7. The largest absolute Gasteiger partial charge is 0.475 e. The van der Waals surface area contributed by atoms with Crippen LogP contribution < -0.4 is 4.74 Å². The van der Waals surface area contributed by atoms with E-state index >= 15 is 0 Å². The summed E-state index contributed by atoms with van der Waals surface area (Å²) in [6.07, 6.45) is 1.77. The Bertz CT molecular complexity index is 791. The Kier molecular flexibility index (Phi) is 6.22. The van der Waals surface area contributed by atoms with Crippen molar-refractivity contribution in [3.63, 3.8) is 0 Å². The molecular weight excluding hydrogens is 373 g/mol. The molecule has 1 saturated heterocycles. The molecule has 0 aliphatic carbocycles. The fourth-order valence-electron chi connectivity index (χ4n) is 3.36. The first-order valence-electron chi connectivity index (χ1n) is 8.79. The third-order valence-corrected chi connectivity index (χ3v) is 5.36. The van der Waals surface area contributed by atoms with Crippen molar-refractivity contribution in [1.29, 1.82) is 0 Å². The van der Waals surface area contributed by atoms with Crippen molar-refractivity contribution in [3.05, 3.63) is 40.0 Å². The van der Waals surface area contributed by atoms with Crippen molar-refractivity contribution >= 4 is 29.0 Å². The van der Waals surface area contributed by atoms with Gasteiger partial charge >= 0.3 is 0 Å². The number of Topliss-reactive ketones (excluding diaryl/α,β-unsaturated/α-hetero) is 1. The molecule has 5 nitrogen and oxygen atoms in total. The van der Waals surface area contributed by atoms with Crippen LogP contribution in [0.4, 0.5) is 0 Å². The number of hydrogen-bond donors (Lipinski definition) is 0. The highest BCUT2D eigenvalue weighted by molar-refractivity contribution is 6.42. The molecule has 0 radical (unpaired) electrons. The summed E-state index contributed by atoms with van der Waals surface area (Å²) in [5.41, 5.74) is 1.81. The van der Waals surface area contributed by atoms with Gasteiger partial charge in [-0.2, -0.15) is 0 Å². The average Bonchev–Trinajstić information content (AvgIpc) is 3.16. The van der Waals surface area contributed by atoms with E-state index in [0.717, 1.165) is 37.4 Å². The summed E-state index contributed by atoms with van der Waals surface area (Å²) in [6.45, 7) is 7.04. The second kappa shape index (κ2) is 8.42. The summed E-state index contributed by atoms with van der Waals surface area (Å²) >= 11 is 12.1. The van der Waals surface area contributed by atoms with Gasteiger partial charge in [-0.25, -0.2) is 4.68 Å². The fourth-order valence-corrected chi connectivity index (χ4v) is 3.66. The number of ether oxygens (including phenoxy) is 1. The second-order valence-electron chi connectivity index (χ2n) is 6.84. The molecule has 0 spiro atoms. The lowest BCUT2D eigenvalue weighted by Crippen LogP contribution is -2.26. The van der Waals surface area contributed by atoms with Gasteiger partial charge in [0, 0.05) is 31.3 Å². The van der Waals surface area contributed by atoms with E-state index < -0.39 is 0 Å². The minimum Gasteiger partial charge on any atom is -0.475 e. The van der Waals surface area contributed by atoms with Crippen LogP contribution in [0.15, 0.2) is 24.3 Å². The molecule has 1 atom stereocenters. The minimum atomic E-state index is 0.274. The second-order valence-corrected chi connectivity index (χ2v) is 7.66. The van der Waals surface area contributed by atoms with E-state index in [1.54, 1.807) is 23.7 Å². The maximum Gasteiger partial charge on any atom is 0.233 e. The van der Waals surface area contributed by atoms with Crippen LogP contribution in [0.1, 0.15) is 25.5 Å². The number of ketones is 1. The SMILES string of the molecule is CC(=O)CC1CCN(CCOc2cc(C)n(-c3ccc(Cl)c(Cl)c3)n2)C1. The van der Waals surface area contributed by atoms with E-state index in [0.29, 0.717) is 34.9 Å². The van der Waals surface area contributed by atoms with Gasteiger partial charge in [0.05, 0.1) is 15.7 Å². The number of nitrogens with zero attached hydrogens (tertiary/aromatic N) is 3. The first kappa shape index (κ1) is 19.2. The molecule has 1 aliphatic rings. The van der Waals surface area contributed by atoms with Crippen LogP contribution in [0.25, 0.3) is 5.69 Å². The zero-order valence-electron chi connectivity index (χ0n) is 15.0. The van der Waals surface area contributed by atoms with Gasteiger partial charge < -0.3 is 9.53 Å². The van der Waals surface area contributed by atoms with E-state index in [1.165, 1.54) is 0 Å². The van der Waals surface area contributed by atoms with Crippen molar-refractivity contribution < 1.29 is 9.53 Å². The number of halogens is 2. The maximum atomic E-state index is 11.2. The van der Waals surface area contributed by atoms with Crippen molar-refractivity contribution in [2.45, 2.75) is 26.7 Å². The molecule has 1 unspecified atom stereocenters. The molecule has 2 heterocycles. The Hall–Kier alpha value is -1.56. The molecule has 0 saturated carbocycles. The molecule has 0 amide bonds. The van der Waals surface area contributed by atoms with E-state index in [1.807, 2.05) is 19.1 Å². The van der Waals surface area contributed by atoms with Crippen LogP contribution in [0.2, 0.25) is 10.0 Å². The van der Waals surface area contributed by atoms with Gasteiger partial charge in [0.1, 0.15) is 12.4 Å². The van der Waals surface area contributed by atoms with Crippen LogP contribution in [-0.4, -0.2) is 46.7 Å². The Morgan fingerprint density at radius 1 is 1.31 bits per heavy atom. The predicted molar refractivity (Wildman–Crippen MR) is 104 cm³/mol. The lowest BCUT2D eigenvalue weighted by Gasteiger charge is -2.15. The van der Waals surface area contributed by atoms with Gasteiger partial charge in [-0.05, 0) is 50.9 Å². The molecule has 140 valence electrons. The number of aryl methyl sites for hydroxylation is 1. The van der Waals surface area contributed by atoms with Crippen LogP contribution in [0, 0.1) is 12.8 Å². The minimum absolute atomic E-state index is 0.274. The number of rotatable bonds is 7. The topological polar surface area (TPSA) is 47.4 Å². The van der Waals surface area contributed by atoms with Gasteiger partial charge in [-0.1, -0.05) is 23.2 Å². The summed E-state index contributed by atoms with van der Waals surface area (Å²) < 4.78 is 7.61. The highest BCUT2D eigenvalue weighted by Crippen LogP contribution is 2.26. The van der Waals surface area contributed by atoms with Gasteiger partial charge in [0.25, 0.3) is 0 Å². The normalized spacial score (nSPS) is 17.6. The summed E-state index contributed by atoms with van der Waals surface area (Å²) in [5, 5.41) is 5.51. The summed E-state index contributed by atoms with van der Waals surface area (Å²) in [7, 11) is 0. The number of carbonyl (C=O) groups excluding carboxylic acids is 1. The van der Waals surface area contributed by atoms with Crippen LogP contribution in [0.3, 0.4) is 0 Å². The van der Waals surface area contributed by atoms with Gasteiger partial charge in [0.15, 0.2) is 0 Å². The van der Waals surface area contributed by atoms with Crippen molar-refractivity contribution in [2.75, 3.05) is 26.2 Å². The summed E-state index contributed by atoms with van der Waals surface area (Å²) in [5.74, 6) is 1.35. The molecule has 0 N–H and O–H groups in total. The molecule has 1 aromatic carbocycles. The van der Waals surface area contributed by atoms with Crippen LogP contribution >= 0.6 is 23.2 Å². The molecule has 1 aliphatic heterocycles. The lowest BCUT2D eigenvalue weighted by atomic mass is 10.0. The third-order valence-electron chi connectivity index (χ3n) is 4.62. The number of carbonyl (C=O) groups is 1. The van der Waals surface area contributed by atoms with E-state index in [-0.39, 0.29) is 5.78 Å². The fraction of sp³-hybridized carbons (Fsp3) is 0.474. The lowest BCUT2D eigenvalue weighted by molar-refractivity contribution is -0.117. The number of hydrogen-bond acceptors (Lipinski definition) is 4. The summed E-state index contributed by atoms with van der Waals surface area (Å²) in [4.78, 5) is 13.6. The van der Waals surface area contributed by atoms with Crippen LogP contribution in [0.5, 0.6) is 5.88 Å². The molecule has 7 heteroatoms. The highest BCUT2D eigenvalue weighted by atomic mass is 35.5. The van der Waals surface area contributed by atoms with Gasteiger partial charge in [-0.3, -0.25) is 4.90 Å². The Labute approximate surface area is 163 Å². The maximum absolute atomic E-state index is 11.2. The van der Waals surface area contributed by atoms with Crippen molar-refractivity contribution in [1.82, 2.24) is 14.7 Å². The molecule has 3 rings (SSSR count). The van der Waals surface area contributed by atoms with E-state index in [2.05, 4.69) is 10.00 Å². The first-order valence-corrected chi connectivity index (χ1v) is 9.54. The van der Waals surface area contributed by atoms with Gasteiger partial charge in [-0.15, -0.1) is 5.10 Å². The number of likely N-dealkylation sites (tertiary alicyclic amines) is 1. The smallest absolute Gasteiger partial charge is 0.233 e. The highest BCUT2D eigenvalue weighted by Gasteiger charge is 2.23. The zero-order valence-corrected chi connectivity index (χ0v) is 16.6. The number of aromatic nitrogens is 2. The van der Waals surface area contributed by atoms with Gasteiger partial charge in [0.2, 0.25) is 5.88 Å². The molecule has 26 heavy (non-hydrogen) atoms. The monoisotopic (exact) mass is 395 g/mol. The molecule has 0 bridgehead atoms. The quantitative estimate of drug-likeness (QED) is 0.705. The van der Waals surface area contributed by atoms with E-state index in [9.17, 15) is 4.79 Å². The number of benzene rings is 1. The third kappa shape index (κ3) is 4.78. The standard InChI is InChI=1S/C19H23Cl2N3O2/c1-13-9-19(22-24(13)16-3-4-17(20)18(21)11-16)26-8-7-23-6-5-15(12-23)10-14(2)25/h3-4,9,11,15H,5-8,10,12H2,1-2H3. The van der Waals surface area contributed by atoms with Crippen molar-refractivity contribution in [2.24, 2.45) is 5.92 Å². The molecule has 1 fully saturated rings. The Balaban J connectivity index is 1.53. The Morgan fingerprint density at radius 2 is 2.12 bits per heavy atom. The Morgan fingerprint density at radius 3 is 2.85 bits per heavy atom. The molecule has 1 aromatic heterocycles. The predicted octanol–water partition coefficient (Wildman–Crippen LogP) is 4.17.